The highest BCUT2D eigenvalue weighted by atomic mass is 32.1. The Bertz CT molecular complexity index is 845. The van der Waals surface area contributed by atoms with E-state index in [1.165, 1.54) is 4.88 Å². The second-order valence-electron chi connectivity index (χ2n) is 4.68. The van der Waals surface area contributed by atoms with E-state index in [1.54, 1.807) is 17.4 Å². The third-order valence-electron chi connectivity index (χ3n) is 3.30. The zero-order valence-corrected chi connectivity index (χ0v) is 12.7. The molecule has 1 N–H and O–H groups in total. The van der Waals surface area contributed by atoms with Crippen LogP contribution in [0.3, 0.4) is 0 Å². The van der Waals surface area contributed by atoms with Crippen LogP contribution in [0.5, 0.6) is 0 Å². The van der Waals surface area contributed by atoms with Crippen LogP contribution < -0.4 is 5.32 Å². The fraction of sp³-hybridized carbons (Fsp3) is 0.188. The highest BCUT2D eigenvalue weighted by molar-refractivity contribution is 7.15. The van der Waals surface area contributed by atoms with E-state index < -0.39 is 0 Å². The van der Waals surface area contributed by atoms with E-state index in [-0.39, 0.29) is 0 Å². The molecule has 0 aliphatic rings. The molecule has 21 heavy (non-hydrogen) atoms. The number of aromatic nitrogens is 2. The standard InChI is InChI=1S/C16H14N4S/c1-3-13-10(2)21-16(19-13)20-15-8-11(9-17)12-6-4-5-7-14(12)18-15/h4-8H,3H2,1-2H3,(H,18,19,20). The SMILES string of the molecule is CCc1nc(Nc2cc(C#N)c3ccccc3n2)sc1C. The van der Waals surface area contributed by atoms with Gasteiger partial charge in [0.2, 0.25) is 0 Å². The molecular formula is C16H14N4S. The number of nitrogens with one attached hydrogen (secondary N) is 1. The second kappa shape index (κ2) is 5.51. The average molecular weight is 294 g/mol. The van der Waals surface area contributed by atoms with E-state index in [0.717, 1.165) is 28.1 Å². The quantitative estimate of drug-likeness (QED) is 0.787. The van der Waals surface area contributed by atoms with Gasteiger partial charge < -0.3 is 5.32 Å². The number of aryl methyl sites for hydroxylation is 2. The molecule has 3 aromatic rings. The summed E-state index contributed by atoms with van der Waals surface area (Å²) < 4.78 is 0. The molecule has 0 bridgehead atoms. The first-order valence-electron chi connectivity index (χ1n) is 6.74. The fourth-order valence-corrected chi connectivity index (χ4v) is 3.16. The molecule has 3 rings (SSSR count). The van der Waals surface area contributed by atoms with Crippen molar-refractivity contribution in [3.63, 3.8) is 0 Å². The number of anilines is 2. The highest BCUT2D eigenvalue weighted by Crippen LogP contribution is 2.27. The molecule has 0 aliphatic carbocycles. The fourth-order valence-electron chi connectivity index (χ4n) is 2.25. The number of para-hydroxylation sites is 1. The third-order valence-corrected chi connectivity index (χ3v) is 4.23. The van der Waals surface area contributed by atoms with Crippen LogP contribution in [0.1, 0.15) is 23.1 Å². The Labute approximate surface area is 127 Å². The number of nitriles is 1. The molecule has 0 saturated carbocycles. The summed E-state index contributed by atoms with van der Waals surface area (Å²) in [6.07, 6.45) is 0.915. The maximum absolute atomic E-state index is 9.29. The predicted molar refractivity (Wildman–Crippen MR) is 86.0 cm³/mol. The van der Waals surface area contributed by atoms with E-state index in [9.17, 15) is 5.26 Å². The van der Waals surface area contributed by atoms with Gasteiger partial charge in [-0.15, -0.1) is 11.3 Å². The zero-order chi connectivity index (χ0) is 14.8. The van der Waals surface area contributed by atoms with Crippen molar-refractivity contribution >= 4 is 33.2 Å². The van der Waals surface area contributed by atoms with Crippen LogP contribution >= 0.6 is 11.3 Å². The molecule has 2 aromatic heterocycles. The Morgan fingerprint density at radius 2 is 2.10 bits per heavy atom. The van der Waals surface area contributed by atoms with E-state index in [0.29, 0.717) is 11.4 Å². The van der Waals surface area contributed by atoms with Crippen LogP contribution in [-0.2, 0) is 6.42 Å². The van der Waals surface area contributed by atoms with Gasteiger partial charge in [0.05, 0.1) is 22.8 Å². The van der Waals surface area contributed by atoms with Gasteiger partial charge in [-0.2, -0.15) is 5.26 Å². The van der Waals surface area contributed by atoms with Crippen molar-refractivity contribution in [1.29, 1.82) is 5.26 Å². The molecule has 2 heterocycles. The van der Waals surface area contributed by atoms with Gasteiger partial charge in [0.25, 0.3) is 0 Å². The van der Waals surface area contributed by atoms with E-state index in [4.69, 9.17) is 0 Å². The largest absolute Gasteiger partial charge is 0.316 e. The summed E-state index contributed by atoms with van der Waals surface area (Å²) in [4.78, 5) is 10.3. The normalized spacial score (nSPS) is 10.5. The first-order chi connectivity index (χ1) is 10.2. The molecule has 5 heteroatoms. The molecule has 1 aromatic carbocycles. The third kappa shape index (κ3) is 2.58. The van der Waals surface area contributed by atoms with Gasteiger partial charge in [-0.1, -0.05) is 25.1 Å². The van der Waals surface area contributed by atoms with Crippen molar-refractivity contribution in [3.8, 4) is 6.07 Å². The molecule has 0 radical (unpaired) electrons. The lowest BCUT2D eigenvalue weighted by molar-refractivity contribution is 1.04. The maximum Gasteiger partial charge on any atom is 0.188 e. The Hall–Kier alpha value is -2.45. The minimum atomic E-state index is 0.618. The number of hydrogen-bond donors (Lipinski definition) is 1. The molecule has 0 fully saturated rings. The predicted octanol–water partition coefficient (Wildman–Crippen LogP) is 4.18. The number of rotatable bonds is 3. The highest BCUT2D eigenvalue weighted by Gasteiger charge is 2.09. The Morgan fingerprint density at radius 1 is 1.29 bits per heavy atom. The first kappa shape index (κ1) is 13.5. The smallest absolute Gasteiger partial charge is 0.188 e. The topological polar surface area (TPSA) is 61.6 Å². The minimum Gasteiger partial charge on any atom is -0.316 e. The van der Waals surface area contributed by atoms with Gasteiger partial charge in [-0.05, 0) is 25.5 Å². The van der Waals surface area contributed by atoms with Gasteiger partial charge >= 0.3 is 0 Å². The van der Waals surface area contributed by atoms with Crippen molar-refractivity contribution in [2.24, 2.45) is 0 Å². The lowest BCUT2D eigenvalue weighted by Gasteiger charge is -2.05. The van der Waals surface area contributed by atoms with Crippen LogP contribution in [-0.4, -0.2) is 9.97 Å². The molecular weight excluding hydrogens is 280 g/mol. The van der Waals surface area contributed by atoms with Gasteiger partial charge in [0, 0.05) is 10.3 Å². The Morgan fingerprint density at radius 3 is 2.81 bits per heavy atom. The lowest BCUT2D eigenvalue weighted by atomic mass is 10.1. The molecule has 0 atom stereocenters. The van der Waals surface area contributed by atoms with Crippen LogP contribution in [0.2, 0.25) is 0 Å². The molecule has 0 aliphatic heterocycles. The molecule has 0 saturated heterocycles. The maximum atomic E-state index is 9.29. The van der Waals surface area contributed by atoms with Crippen molar-refractivity contribution in [1.82, 2.24) is 9.97 Å². The molecule has 0 amide bonds. The van der Waals surface area contributed by atoms with E-state index in [1.807, 2.05) is 24.3 Å². The number of fused-ring (bicyclic) bond motifs is 1. The summed E-state index contributed by atoms with van der Waals surface area (Å²) in [5.74, 6) is 0.654. The minimum absolute atomic E-state index is 0.618. The Balaban J connectivity index is 2.02. The second-order valence-corrected chi connectivity index (χ2v) is 5.89. The Kier molecular flexibility index (Phi) is 3.55. The van der Waals surface area contributed by atoms with Crippen LogP contribution in [0.4, 0.5) is 10.9 Å². The number of benzene rings is 1. The summed E-state index contributed by atoms with van der Waals surface area (Å²) >= 11 is 1.61. The van der Waals surface area contributed by atoms with Crippen molar-refractivity contribution in [3.05, 3.63) is 46.5 Å². The number of thiazole rings is 1. The van der Waals surface area contributed by atoms with E-state index >= 15 is 0 Å². The molecule has 4 nitrogen and oxygen atoms in total. The lowest BCUT2D eigenvalue weighted by Crippen LogP contribution is -1.95. The van der Waals surface area contributed by atoms with Crippen LogP contribution in [0.25, 0.3) is 10.9 Å². The van der Waals surface area contributed by atoms with Gasteiger partial charge in [0.1, 0.15) is 5.82 Å². The number of pyridine rings is 1. The van der Waals surface area contributed by atoms with Crippen LogP contribution in [0.15, 0.2) is 30.3 Å². The van der Waals surface area contributed by atoms with Crippen molar-refractivity contribution < 1.29 is 0 Å². The van der Waals surface area contributed by atoms with Gasteiger partial charge in [0.15, 0.2) is 5.13 Å². The zero-order valence-electron chi connectivity index (χ0n) is 11.8. The average Bonchev–Trinajstić information content (AvgIpc) is 2.86. The van der Waals surface area contributed by atoms with Gasteiger partial charge in [-0.25, -0.2) is 9.97 Å². The molecule has 0 unspecified atom stereocenters. The van der Waals surface area contributed by atoms with Gasteiger partial charge in [-0.3, -0.25) is 0 Å². The number of hydrogen-bond acceptors (Lipinski definition) is 5. The summed E-state index contributed by atoms with van der Waals surface area (Å²) in [5, 5.41) is 14.2. The molecule has 0 spiro atoms. The molecule has 104 valence electrons. The van der Waals surface area contributed by atoms with Crippen LogP contribution in [0, 0.1) is 18.3 Å². The van der Waals surface area contributed by atoms with Crippen molar-refractivity contribution in [2.75, 3.05) is 5.32 Å². The van der Waals surface area contributed by atoms with Crippen molar-refractivity contribution in [2.45, 2.75) is 20.3 Å². The van der Waals surface area contributed by atoms with E-state index in [2.05, 4.69) is 35.2 Å². The summed E-state index contributed by atoms with van der Waals surface area (Å²) in [7, 11) is 0. The number of nitrogens with zero attached hydrogens (tertiary/aromatic N) is 3. The summed E-state index contributed by atoms with van der Waals surface area (Å²) in [6.45, 7) is 4.16. The first-order valence-corrected chi connectivity index (χ1v) is 7.56. The monoisotopic (exact) mass is 294 g/mol. The summed E-state index contributed by atoms with van der Waals surface area (Å²) in [5.41, 5.74) is 2.53. The summed E-state index contributed by atoms with van der Waals surface area (Å²) in [6, 6.07) is 11.6.